The Morgan fingerprint density at radius 1 is 1.10 bits per heavy atom. The van der Waals surface area contributed by atoms with E-state index >= 15 is 0 Å². The number of carbonyl (C=O) groups excluding carboxylic acids is 1. The highest BCUT2D eigenvalue weighted by atomic mass is 35.5. The quantitative estimate of drug-likeness (QED) is 0.770. The highest BCUT2D eigenvalue weighted by Crippen LogP contribution is 2.29. The van der Waals surface area contributed by atoms with E-state index in [0.717, 1.165) is 10.6 Å². The summed E-state index contributed by atoms with van der Waals surface area (Å²) in [4.78, 5) is 13.1. The first-order valence-corrected chi connectivity index (χ1v) is 8.20. The van der Waals surface area contributed by atoms with E-state index in [1.165, 1.54) is 0 Å². The van der Waals surface area contributed by atoms with Crippen molar-refractivity contribution in [3.63, 3.8) is 0 Å². The van der Waals surface area contributed by atoms with E-state index in [4.69, 9.17) is 23.2 Å². The van der Waals surface area contributed by atoms with Crippen molar-refractivity contribution in [3.05, 3.63) is 52.5 Å². The molecule has 0 saturated heterocycles. The van der Waals surface area contributed by atoms with Crippen molar-refractivity contribution in [3.8, 4) is 0 Å². The Morgan fingerprint density at radius 2 is 1.76 bits per heavy atom. The smallest absolute Gasteiger partial charge is 0.243 e. The molecule has 21 heavy (non-hydrogen) atoms. The number of amides is 1. The molecule has 110 valence electrons. The van der Waals surface area contributed by atoms with Gasteiger partial charge >= 0.3 is 0 Å². The summed E-state index contributed by atoms with van der Waals surface area (Å²) in [5, 5.41) is 6.65. The van der Waals surface area contributed by atoms with Crippen molar-refractivity contribution in [1.29, 1.82) is 0 Å². The van der Waals surface area contributed by atoms with E-state index in [2.05, 4.69) is 10.6 Å². The number of halogens is 2. The molecule has 0 aromatic heterocycles. The summed E-state index contributed by atoms with van der Waals surface area (Å²) in [7, 11) is 0. The number of thioether (sulfide) groups is 1. The Kier molecular flexibility index (Phi) is 5.79. The number of hydrogen-bond donors (Lipinski definition) is 2. The predicted molar refractivity (Wildman–Crippen MR) is 91.8 cm³/mol. The summed E-state index contributed by atoms with van der Waals surface area (Å²) in [5.41, 5.74) is 1.36. The molecular weight excluding hydrogens is 327 g/mol. The van der Waals surface area contributed by atoms with E-state index in [9.17, 15) is 4.79 Å². The average Bonchev–Trinajstić information content (AvgIpc) is 2.49. The number of nitrogens with one attached hydrogen (secondary N) is 2. The Bertz CT molecular complexity index is 629. The molecule has 3 nitrogen and oxygen atoms in total. The van der Waals surface area contributed by atoms with E-state index in [1.54, 1.807) is 30.0 Å². The van der Waals surface area contributed by atoms with Gasteiger partial charge < -0.3 is 10.6 Å². The Labute approximate surface area is 138 Å². The molecule has 0 saturated carbocycles. The molecule has 0 fully saturated rings. The summed E-state index contributed by atoms with van der Waals surface area (Å²) < 4.78 is 0. The maximum atomic E-state index is 12.0. The van der Waals surface area contributed by atoms with Crippen LogP contribution in [0.25, 0.3) is 0 Å². The highest BCUT2D eigenvalue weighted by Gasteiger charge is 2.10. The van der Waals surface area contributed by atoms with Crippen LogP contribution in [0.15, 0.2) is 47.4 Å². The maximum Gasteiger partial charge on any atom is 0.243 e. The normalized spacial score (nSPS) is 10.2. The summed E-state index contributed by atoms with van der Waals surface area (Å²) in [6.07, 6.45) is 1.99. The number of rotatable bonds is 5. The van der Waals surface area contributed by atoms with E-state index in [-0.39, 0.29) is 12.5 Å². The van der Waals surface area contributed by atoms with Gasteiger partial charge in [0.25, 0.3) is 0 Å². The lowest BCUT2D eigenvalue weighted by atomic mass is 10.3. The van der Waals surface area contributed by atoms with E-state index in [0.29, 0.717) is 15.7 Å². The molecule has 6 heteroatoms. The minimum Gasteiger partial charge on any atom is -0.375 e. The van der Waals surface area contributed by atoms with Crippen LogP contribution in [0.4, 0.5) is 11.4 Å². The van der Waals surface area contributed by atoms with Crippen LogP contribution in [0.2, 0.25) is 10.0 Å². The van der Waals surface area contributed by atoms with Gasteiger partial charge in [-0.1, -0.05) is 41.4 Å². The number of anilines is 2. The fourth-order valence-electron chi connectivity index (χ4n) is 1.77. The standard InChI is InChI=1S/C15H14Cl2N2OS/c1-21-13-8-3-2-7-12(13)18-9-14(20)19-15-10(16)5-4-6-11(15)17/h2-8,18H,9H2,1H3,(H,19,20). The molecule has 0 aliphatic heterocycles. The third kappa shape index (κ3) is 4.30. The van der Waals surface area contributed by atoms with Gasteiger partial charge in [-0.2, -0.15) is 0 Å². The molecule has 1 amide bonds. The van der Waals surface area contributed by atoms with Crippen LogP contribution in [0.3, 0.4) is 0 Å². The molecule has 2 N–H and O–H groups in total. The molecule has 0 aliphatic carbocycles. The molecule has 0 atom stereocenters. The molecule has 0 radical (unpaired) electrons. The van der Waals surface area contributed by atoms with E-state index in [1.807, 2.05) is 30.5 Å². The third-order valence-electron chi connectivity index (χ3n) is 2.77. The molecule has 2 aromatic carbocycles. The van der Waals surface area contributed by atoms with Crippen molar-refractivity contribution in [2.75, 3.05) is 23.4 Å². The van der Waals surface area contributed by atoms with Crippen LogP contribution in [-0.4, -0.2) is 18.7 Å². The van der Waals surface area contributed by atoms with Crippen molar-refractivity contribution in [1.82, 2.24) is 0 Å². The van der Waals surface area contributed by atoms with Gasteiger partial charge in [0.15, 0.2) is 0 Å². The van der Waals surface area contributed by atoms with Gasteiger partial charge in [-0.05, 0) is 30.5 Å². The first-order chi connectivity index (χ1) is 10.1. The van der Waals surface area contributed by atoms with Gasteiger partial charge in [0.05, 0.1) is 22.3 Å². The highest BCUT2D eigenvalue weighted by molar-refractivity contribution is 7.98. The van der Waals surface area contributed by atoms with Crippen molar-refractivity contribution in [2.45, 2.75) is 4.90 Å². The largest absolute Gasteiger partial charge is 0.375 e. The van der Waals surface area contributed by atoms with Gasteiger partial charge in [-0.15, -0.1) is 11.8 Å². The molecule has 0 bridgehead atoms. The predicted octanol–water partition coefficient (Wildman–Crippen LogP) is 4.77. The number of benzene rings is 2. The molecular formula is C15H14Cl2N2OS. The van der Waals surface area contributed by atoms with Crippen molar-refractivity contribution in [2.24, 2.45) is 0 Å². The monoisotopic (exact) mass is 340 g/mol. The zero-order chi connectivity index (χ0) is 15.2. The Hall–Kier alpha value is -1.36. The first kappa shape index (κ1) is 16.0. The molecule has 0 unspecified atom stereocenters. The fourth-order valence-corrected chi connectivity index (χ4v) is 2.83. The molecule has 2 rings (SSSR count). The van der Waals surface area contributed by atoms with Crippen LogP contribution in [0.1, 0.15) is 0 Å². The Morgan fingerprint density at radius 3 is 2.43 bits per heavy atom. The lowest BCUT2D eigenvalue weighted by molar-refractivity contribution is -0.114. The molecule has 0 aliphatic rings. The lowest BCUT2D eigenvalue weighted by Gasteiger charge is -2.12. The van der Waals surface area contributed by atoms with Gasteiger partial charge in [0, 0.05) is 10.6 Å². The minimum absolute atomic E-state index is 0.138. The SMILES string of the molecule is CSc1ccccc1NCC(=O)Nc1c(Cl)cccc1Cl. The lowest BCUT2D eigenvalue weighted by Crippen LogP contribution is -2.22. The zero-order valence-corrected chi connectivity index (χ0v) is 13.6. The zero-order valence-electron chi connectivity index (χ0n) is 11.3. The minimum atomic E-state index is -0.207. The molecule has 2 aromatic rings. The second kappa shape index (κ2) is 7.59. The average molecular weight is 341 g/mol. The number of para-hydroxylation sites is 2. The van der Waals surface area contributed by atoms with Crippen LogP contribution >= 0.6 is 35.0 Å². The molecule has 0 heterocycles. The Balaban J connectivity index is 1.99. The van der Waals surface area contributed by atoms with Crippen LogP contribution in [0, 0.1) is 0 Å². The van der Waals surface area contributed by atoms with Crippen LogP contribution in [0.5, 0.6) is 0 Å². The third-order valence-corrected chi connectivity index (χ3v) is 4.20. The van der Waals surface area contributed by atoms with Crippen molar-refractivity contribution >= 4 is 52.2 Å². The van der Waals surface area contributed by atoms with Crippen LogP contribution in [-0.2, 0) is 4.79 Å². The van der Waals surface area contributed by atoms with Crippen LogP contribution < -0.4 is 10.6 Å². The summed E-state index contributed by atoms with van der Waals surface area (Å²) >= 11 is 13.7. The first-order valence-electron chi connectivity index (χ1n) is 6.22. The second-order valence-electron chi connectivity index (χ2n) is 4.20. The van der Waals surface area contributed by atoms with Crippen molar-refractivity contribution < 1.29 is 4.79 Å². The summed E-state index contributed by atoms with van der Waals surface area (Å²) in [6, 6.07) is 12.9. The maximum absolute atomic E-state index is 12.0. The topological polar surface area (TPSA) is 41.1 Å². The van der Waals surface area contributed by atoms with Gasteiger partial charge in [-0.25, -0.2) is 0 Å². The summed E-state index contributed by atoms with van der Waals surface area (Å²) in [5.74, 6) is -0.207. The van der Waals surface area contributed by atoms with Gasteiger partial charge in [0.2, 0.25) is 5.91 Å². The summed E-state index contributed by atoms with van der Waals surface area (Å²) in [6.45, 7) is 0.138. The number of hydrogen-bond acceptors (Lipinski definition) is 3. The fraction of sp³-hybridized carbons (Fsp3) is 0.133. The van der Waals surface area contributed by atoms with Gasteiger partial charge in [0.1, 0.15) is 0 Å². The number of carbonyl (C=O) groups is 1. The second-order valence-corrected chi connectivity index (χ2v) is 5.86. The van der Waals surface area contributed by atoms with E-state index < -0.39 is 0 Å². The van der Waals surface area contributed by atoms with Gasteiger partial charge in [-0.3, -0.25) is 4.79 Å². The molecule has 0 spiro atoms.